The van der Waals surface area contributed by atoms with E-state index in [0.29, 0.717) is 5.25 Å². The van der Waals surface area contributed by atoms with Crippen molar-refractivity contribution in [2.45, 2.75) is 20.9 Å². The minimum Gasteiger partial charge on any atom is -0.119 e. The highest BCUT2D eigenvalue weighted by atomic mass is 35.5. The zero-order chi connectivity index (χ0) is 8.60. The molecule has 64 valence electrons. The fourth-order valence-electron chi connectivity index (χ4n) is 0.979. The van der Waals surface area contributed by atoms with Crippen LogP contribution in [0.25, 0.3) is 0 Å². The fourth-order valence-corrected chi connectivity index (χ4v) is 2.90. The number of benzene rings is 1. The molecule has 1 fully saturated rings. The maximum Gasteiger partial charge on any atom is 0.131 e. The standard InChI is InChI=1S/C9H8Cl2S/c10-9(11)6-8(9)12-7-4-2-1-3-5-7/h1-5,8H,6H2. The number of hydrogen-bond donors (Lipinski definition) is 0. The Morgan fingerprint density at radius 3 is 2.33 bits per heavy atom. The predicted octanol–water partition coefficient (Wildman–Crippen LogP) is 3.72. The molecule has 0 spiro atoms. The van der Waals surface area contributed by atoms with Gasteiger partial charge in [0.25, 0.3) is 0 Å². The van der Waals surface area contributed by atoms with Gasteiger partial charge in [-0.25, -0.2) is 0 Å². The van der Waals surface area contributed by atoms with E-state index in [2.05, 4.69) is 12.1 Å². The largest absolute Gasteiger partial charge is 0.131 e. The van der Waals surface area contributed by atoms with Crippen LogP contribution in [0.4, 0.5) is 0 Å². The second kappa shape index (κ2) is 3.13. The summed E-state index contributed by atoms with van der Waals surface area (Å²) in [5.41, 5.74) is 0. The topological polar surface area (TPSA) is 0 Å². The molecule has 0 amide bonds. The highest BCUT2D eigenvalue weighted by molar-refractivity contribution is 8.00. The summed E-state index contributed by atoms with van der Waals surface area (Å²) in [6, 6.07) is 10.2. The lowest BCUT2D eigenvalue weighted by Gasteiger charge is -1.99. The molecule has 0 N–H and O–H groups in total. The van der Waals surface area contributed by atoms with E-state index in [0.717, 1.165) is 6.42 Å². The number of halogens is 2. The average molecular weight is 219 g/mol. The summed E-state index contributed by atoms with van der Waals surface area (Å²) in [5.74, 6) is 0. The Hall–Kier alpha value is 0.150. The molecule has 1 aromatic carbocycles. The van der Waals surface area contributed by atoms with Crippen LogP contribution < -0.4 is 0 Å². The zero-order valence-corrected chi connectivity index (χ0v) is 8.66. The molecule has 0 bridgehead atoms. The Morgan fingerprint density at radius 2 is 1.83 bits per heavy atom. The van der Waals surface area contributed by atoms with Gasteiger partial charge in [-0.3, -0.25) is 0 Å². The third-order valence-electron chi connectivity index (χ3n) is 1.79. The van der Waals surface area contributed by atoms with Crippen LogP contribution in [-0.4, -0.2) is 9.58 Å². The van der Waals surface area contributed by atoms with Gasteiger partial charge in [-0.1, -0.05) is 18.2 Å². The first-order valence-electron chi connectivity index (χ1n) is 3.78. The SMILES string of the molecule is ClC1(Cl)CC1Sc1ccccc1. The first-order chi connectivity index (χ1) is 5.68. The fraction of sp³-hybridized carbons (Fsp3) is 0.333. The molecule has 0 saturated heterocycles. The lowest BCUT2D eigenvalue weighted by molar-refractivity contribution is 1.35. The van der Waals surface area contributed by atoms with Crippen LogP contribution in [0, 0.1) is 0 Å². The van der Waals surface area contributed by atoms with Gasteiger partial charge in [-0.05, 0) is 18.6 Å². The molecule has 0 aliphatic heterocycles. The van der Waals surface area contributed by atoms with Crippen molar-refractivity contribution in [2.24, 2.45) is 0 Å². The molecule has 0 aromatic heterocycles. The van der Waals surface area contributed by atoms with Gasteiger partial charge in [0.2, 0.25) is 0 Å². The summed E-state index contributed by atoms with van der Waals surface area (Å²) in [7, 11) is 0. The smallest absolute Gasteiger partial charge is 0.119 e. The van der Waals surface area contributed by atoms with Gasteiger partial charge in [0.05, 0.1) is 0 Å². The minimum absolute atomic E-state index is 0.378. The number of hydrogen-bond acceptors (Lipinski definition) is 1. The van der Waals surface area contributed by atoms with Crippen LogP contribution in [0.3, 0.4) is 0 Å². The molecule has 12 heavy (non-hydrogen) atoms. The van der Waals surface area contributed by atoms with E-state index < -0.39 is 4.33 Å². The lowest BCUT2D eigenvalue weighted by Crippen LogP contribution is -1.89. The van der Waals surface area contributed by atoms with E-state index in [4.69, 9.17) is 23.2 Å². The second-order valence-electron chi connectivity index (χ2n) is 2.88. The normalized spacial score (nSPS) is 25.3. The van der Waals surface area contributed by atoms with Crippen molar-refractivity contribution in [3.63, 3.8) is 0 Å². The quantitative estimate of drug-likeness (QED) is 0.683. The average Bonchev–Trinajstić information content (AvgIpc) is 2.61. The van der Waals surface area contributed by atoms with E-state index in [1.54, 1.807) is 11.8 Å². The van der Waals surface area contributed by atoms with Gasteiger partial charge in [-0.15, -0.1) is 35.0 Å². The number of rotatable bonds is 2. The van der Waals surface area contributed by atoms with Crippen LogP contribution in [0.15, 0.2) is 35.2 Å². The van der Waals surface area contributed by atoms with Crippen molar-refractivity contribution in [1.82, 2.24) is 0 Å². The third-order valence-corrected chi connectivity index (χ3v) is 4.28. The maximum absolute atomic E-state index is 5.90. The molecule has 1 aliphatic rings. The van der Waals surface area contributed by atoms with Gasteiger partial charge in [0.15, 0.2) is 0 Å². The molecule has 2 rings (SSSR count). The van der Waals surface area contributed by atoms with Crippen molar-refractivity contribution >= 4 is 35.0 Å². The molecule has 1 atom stereocenters. The molecule has 0 heterocycles. The van der Waals surface area contributed by atoms with E-state index in [1.807, 2.05) is 18.2 Å². The number of alkyl halides is 2. The Kier molecular flexibility index (Phi) is 2.28. The highest BCUT2D eigenvalue weighted by Gasteiger charge is 2.52. The van der Waals surface area contributed by atoms with Gasteiger partial charge >= 0.3 is 0 Å². The molecular formula is C9H8Cl2S. The summed E-state index contributed by atoms with van der Waals surface area (Å²) < 4.78 is -0.472. The minimum atomic E-state index is -0.472. The molecule has 1 aliphatic carbocycles. The van der Waals surface area contributed by atoms with Crippen molar-refractivity contribution in [3.05, 3.63) is 30.3 Å². The van der Waals surface area contributed by atoms with Crippen LogP contribution in [0.1, 0.15) is 6.42 Å². The van der Waals surface area contributed by atoms with Crippen molar-refractivity contribution < 1.29 is 0 Å². The summed E-state index contributed by atoms with van der Waals surface area (Å²) in [6.07, 6.45) is 0.898. The van der Waals surface area contributed by atoms with Gasteiger partial charge in [0, 0.05) is 10.1 Å². The summed E-state index contributed by atoms with van der Waals surface area (Å²) in [4.78, 5) is 1.24. The third kappa shape index (κ3) is 1.90. The molecule has 0 nitrogen and oxygen atoms in total. The highest BCUT2D eigenvalue weighted by Crippen LogP contribution is 2.56. The predicted molar refractivity (Wildman–Crippen MR) is 55.1 cm³/mol. The van der Waals surface area contributed by atoms with Crippen molar-refractivity contribution in [1.29, 1.82) is 0 Å². The van der Waals surface area contributed by atoms with Crippen LogP contribution in [0.5, 0.6) is 0 Å². The maximum atomic E-state index is 5.90. The van der Waals surface area contributed by atoms with Gasteiger partial charge < -0.3 is 0 Å². The summed E-state index contributed by atoms with van der Waals surface area (Å²) in [5, 5.41) is 0.378. The van der Waals surface area contributed by atoms with Crippen LogP contribution >= 0.6 is 35.0 Å². The van der Waals surface area contributed by atoms with Crippen LogP contribution in [0.2, 0.25) is 0 Å². The molecule has 1 unspecified atom stereocenters. The van der Waals surface area contributed by atoms with Crippen molar-refractivity contribution in [3.8, 4) is 0 Å². The molecule has 1 saturated carbocycles. The molecule has 1 aromatic rings. The van der Waals surface area contributed by atoms with Gasteiger partial charge in [-0.2, -0.15) is 0 Å². The van der Waals surface area contributed by atoms with Crippen LogP contribution in [-0.2, 0) is 0 Å². The Balaban J connectivity index is 1.98. The lowest BCUT2D eigenvalue weighted by atomic mass is 10.4. The Labute approximate surface area is 86.3 Å². The summed E-state index contributed by atoms with van der Waals surface area (Å²) in [6.45, 7) is 0. The van der Waals surface area contributed by atoms with Crippen molar-refractivity contribution in [2.75, 3.05) is 0 Å². The monoisotopic (exact) mass is 218 g/mol. The Morgan fingerprint density at radius 1 is 1.25 bits per heavy atom. The summed E-state index contributed by atoms with van der Waals surface area (Å²) >= 11 is 13.6. The van der Waals surface area contributed by atoms with E-state index in [1.165, 1.54) is 4.90 Å². The van der Waals surface area contributed by atoms with Gasteiger partial charge in [0.1, 0.15) is 4.33 Å². The molecule has 0 radical (unpaired) electrons. The van der Waals surface area contributed by atoms with E-state index in [9.17, 15) is 0 Å². The van der Waals surface area contributed by atoms with E-state index in [-0.39, 0.29) is 0 Å². The van der Waals surface area contributed by atoms with E-state index >= 15 is 0 Å². The second-order valence-corrected chi connectivity index (χ2v) is 5.70. The molecular weight excluding hydrogens is 211 g/mol. The first-order valence-corrected chi connectivity index (χ1v) is 5.41. The number of thioether (sulfide) groups is 1. The molecule has 3 heteroatoms. The Bertz CT molecular complexity index is 271. The first kappa shape index (κ1) is 8.74. The zero-order valence-electron chi connectivity index (χ0n) is 6.34.